The van der Waals surface area contributed by atoms with Crippen LogP contribution in [0.5, 0.6) is 5.75 Å². The highest BCUT2D eigenvalue weighted by molar-refractivity contribution is 5.93. The Kier molecular flexibility index (Phi) is 6.54. The van der Waals surface area contributed by atoms with Crippen LogP contribution in [0.3, 0.4) is 0 Å². The number of carbonyl (C=O) groups excluding carboxylic acids is 2. The summed E-state index contributed by atoms with van der Waals surface area (Å²) in [5, 5.41) is 0. The lowest BCUT2D eigenvalue weighted by Crippen LogP contribution is -2.39. The standard InChI is InChI=1S/C20H24N4O4/c1-27-15-6-4-14(5-7-15)8-9-24(13-16-3-2-10-28-16)20(26)18-12-22-17(11-23-18)19(21)25/h4-7,11-12,16H,2-3,8-10,13H2,1H3,(H2,21,25). The van der Waals surface area contributed by atoms with E-state index in [2.05, 4.69) is 9.97 Å². The highest BCUT2D eigenvalue weighted by Crippen LogP contribution is 2.16. The van der Waals surface area contributed by atoms with Gasteiger partial charge in [-0.1, -0.05) is 12.1 Å². The molecule has 8 heteroatoms. The second kappa shape index (κ2) is 9.27. The van der Waals surface area contributed by atoms with Crippen LogP contribution in [0.4, 0.5) is 0 Å². The molecule has 2 N–H and O–H groups in total. The number of benzene rings is 1. The fraction of sp³-hybridized carbons (Fsp3) is 0.400. The van der Waals surface area contributed by atoms with Gasteiger partial charge in [-0.25, -0.2) is 9.97 Å². The van der Waals surface area contributed by atoms with Gasteiger partial charge in [0, 0.05) is 19.7 Å². The minimum Gasteiger partial charge on any atom is -0.497 e. The number of primary amides is 1. The molecule has 1 aliphatic heterocycles. The number of hydrogen-bond donors (Lipinski definition) is 1. The van der Waals surface area contributed by atoms with Gasteiger partial charge in [0.1, 0.15) is 17.1 Å². The normalized spacial score (nSPS) is 16.0. The maximum absolute atomic E-state index is 13.0. The van der Waals surface area contributed by atoms with E-state index in [1.54, 1.807) is 12.0 Å². The summed E-state index contributed by atoms with van der Waals surface area (Å²) in [6.45, 7) is 1.73. The largest absolute Gasteiger partial charge is 0.497 e. The van der Waals surface area contributed by atoms with Gasteiger partial charge < -0.3 is 20.1 Å². The number of hydrogen-bond acceptors (Lipinski definition) is 6. The second-order valence-electron chi connectivity index (χ2n) is 6.64. The Hall–Kier alpha value is -3.00. The predicted octanol–water partition coefficient (Wildman–Crippen LogP) is 1.45. The fourth-order valence-corrected chi connectivity index (χ4v) is 3.09. The smallest absolute Gasteiger partial charge is 0.274 e. The molecule has 0 aliphatic carbocycles. The van der Waals surface area contributed by atoms with E-state index in [1.807, 2.05) is 24.3 Å². The summed E-state index contributed by atoms with van der Waals surface area (Å²) in [5.41, 5.74) is 6.48. The summed E-state index contributed by atoms with van der Waals surface area (Å²) < 4.78 is 10.9. The molecule has 2 amide bonds. The molecule has 1 unspecified atom stereocenters. The summed E-state index contributed by atoms with van der Waals surface area (Å²) in [7, 11) is 1.63. The average Bonchev–Trinajstić information content (AvgIpc) is 3.24. The van der Waals surface area contributed by atoms with E-state index in [-0.39, 0.29) is 23.4 Å². The van der Waals surface area contributed by atoms with Crippen molar-refractivity contribution in [2.24, 2.45) is 5.73 Å². The van der Waals surface area contributed by atoms with Crippen molar-refractivity contribution in [3.05, 3.63) is 53.6 Å². The molecule has 1 aliphatic rings. The Labute approximate surface area is 163 Å². The van der Waals surface area contributed by atoms with Crippen LogP contribution < -0.4 is 10.5 Å². The van der Waals surface area contributed by atoms with Crippen molar-refractivity contribution >= 4 is 11.8 Å². The molecule has 28 heavy (non-hydrogen) atoms. The van der Waals surface area contributed by atoms with Crippen molar-refractivity contribution in [2.75, 3.05) is 26.8 Å². The van der Waals surface area contributed by atoms with Crippen LogP contribution in [0.15, 0.2) is 36.7 Å². The highest BCUT2D eigenvalue weighted by Gasteiger charge is 2.24. The average molecular weight is 384 g/mol. The third-order valence-corrected chi connectivity index (χ3v) is 4.69. The lowest BCUT2D eigenvalue weighted by atomic mass is 10.1. The minimum atomic E-state index is -0.679. The third kappa shape index (κ3) is 5.04. The monoisotopic (exact) mass is 384 g/mol. The van der Waals surface area contributed by atoms with Crippen LogP contribution in [-0.4, -0.2) is 59.6 Å². The van der Waals surface area contributed by atoms with Gasteiger partial charge in [-0.2, -0.15) is 0 Å². The number of rotatable bonds is 8. The Morgan fingerprint density at radius 1 is 1.21 bits per heavy atom. The van der Waals surface area contributed by atoms with Gasteiger partial charge in [0.15, 0.2) is 0 Å². The molecular formula is C20H24N4O4. The lowest BCUT2D eigenvalue weighted by Gasteiger charge is -2.25. The third-order valence-electron chi connectivity index (χ3n) is 4.69. The Morgan fingerprint density at radius 2 is 1.93 bits per heavy atom. The van der Waals surface area contributed by atoms with Crippen LogP contribution in [0.2, 0.25) is 0 Å². The molecule has 1 fully saturated rings. The van der Waals surface area contributed by atoms with Gasteiger partial charge in [0.25, 0.3) is 11.8 Å². The van der Waals surface area contributed by atoms with E-state index >= 15 is 0 Å². The summed E-state index contributed by atoms with van der Waals surface area (Å²) in [5.74, 6) is -0.129. The first-order valence-electron chi connectivity index (χ1n) is 9.22. The van der Waals surface area contributed by atoms with Crippen molar-refractivity contribution in [2.45, 2.75) is 25.4 Å². The van der Waals surface area contributed by atoms with Gasteiger partial charge in [-0.05, 0) is 37.0 Å². The first kappa shape index (κ1) is 19.8. The molecule has 0 radical (unpaired) electrons. The van der Waals surface area contributed by atoms with Crippen LogP contribution >= 0.6 is 0 Å². The zero-order chi connectivity index (χ0) is 19.9. The molecule has 0 bridgehead atoms. The van der Waals surface area contributed by atoms with Crippen LogP contribution in [0, 0.1) is 0 Å². The number of methoxy groups -OCH3 is 1. The zero-order valence-electron chi connectivity index (χ0n) is 15.8. The molecule has 0 saturated carbocycles. The van der Waals surface area contributed by atoms with Crippen molar-refractivity contribution in [1.29, 1.82) is 0 Å². The van der Waals surface area contributed by atoms with E-state index < -0.39 is 5.91 Å². The number of aromatic nitrogens is 2. The van der Waals surface area contributed by atoms with Gasteiger partial charge in [-0.3, -0.25) is 9.59 Å². The molecule has 1 aromatic carbocycles. The highest BCUT2D eigenvalue weighted by atomic mass is 16.5. The van der Waals surface area contributed by atoms with E-state index in [0.29, 0.717) is 19.5 Å². The van der Waals surface area contributed by atoms with Crippen LogP contribution in [0.1, 0.15) is 39.4 Å². The molecule has 3 rings (SSSR count). The number of ether oxygens (including phenoxy) is 2. The molecular weight excluding hydrogens is 360 g/mol. The van der Waals surface area contributed by atoms with Crippen LogP contribution in [0.25, 0.3) is 0 Å². The first-order valence-corrected chi connectivity index (χ1v) is 9.22. The van der Waals surface area contributed by atoms with E-state index in [4.69, 9.17) is 15.2 Å². The quantitative estimate of drug-likeness (QED) is 0.738. The van der Waals surface area contributed by atoms with Gasteiger partial charge in [-0.15, -0.1) is 0 Å². The van der Waals surface area contributed by atoms with E-state index in [1.165, 1.54) is 12.4 Å². The van der Waals surface area contributed by atoms with Crippen molar-refractivity contribution in [3.8, 4) is 5.75 Å². The predicted molar refractivity (Wildman–Crippen MR) is 102 cm³/mol. The fourth-order valence-electron chi connectivity index (χ4n) is 3.09. The summed E-state index contributed by atoms with van der Waals surface area (Å²) in [4.78, 5) is 33.8. The van der Waals surface area contributed by atoms with E-state index in [0.717, 1.165) is 30.8 Å². The Balaban J connectivity index is 1.71. The zero-order valence-corrected chi connectivity index (χ0v) is 15.8. The molecule has 2 aromatic rings. The Morgan fingerprint density at radius 3 is 2.50 bits per heavy atom. The van der Waals surface area contributed by atoms with E-state index in [9.17, 15) is 9.59 Å². The van der Waals surface area contributed by atoms with Crippen LogP contribution in [-0.2, 0) is 11.2 Å². The van der Waals surface area contributed by atoms with Gasteiger partial charge in [0.05, 0.1) is 25.6 Å². The molecule has 148 valence electrons. The first-order chi connectivity index (χ1) is 13.6. The Bertz CT molecular complexity index is 802. The maximum Gasteiger partial charge on any atom is 0.274 e. The second-order valence-corrected chi connectivity index (χ2v) is 6.64. The van der Waals surface area contributed by atoms with Gasteiger partial charge in [0.2, 0.25) is 0 Å². The summed E-state index contributed by atoms with van der Waals surface area (Å²) in [6, 6.07) is 7.76. The number of nitrogens with zero attached hydrogens (tertiary/aromatic N) is 3. The minimum absolute atomic E-state index is 0.0256. The lowest BCUT2D eigenvalue weighted by molar-refractivity contribution is 0.0524. The number of nitrogens with two attached hydrogens (primary N) is 1. The molecule has 1 atom stereocenters. The molecule has 1 saturated heterocycles. The topological polar surface area (TPSA) is 108 Å². The van der Waals surface area contributed by atoms with Gasteiger partial charge >= 0.3 is 0 Å². The molecule has 2 heterocycles. The van der Waals surface area contributed by atoms with Crippen molar-refractivity contribution < 1.29 is 19.1 Å². The molecule has 1 aromatic heterocycles. The maximum atomic E-state index is 13.0. The molecule has 8 nitrogen and oxygen atoms in total. The summed E-state index contributed by atoms with van der Waals surface area (Å²) >= 11 is 0. The number of amides is 2. The molecule has 0 spiro atoms. The van der Waals surface area contributed by atoms with Crippen molar-refractivity contribution in [3.63, 3.8) is 0 Å². The van der Waals surface area contributed by atoms with Crippen molar-refractivity contribution in [1.82, 2.24) is 14.9 Å². The summed E-state index contributed by atoms with van der Waals surface area (Å²) in [6.07, 6.45) is 5.16. The SMILES string of the molecule is COc1ccc(CCN(CC2CCCO2)C(=O)c2cnc(C(N)=O)cn2)cc1. The number of carbonyl (C=O) groups is 2.